The van der Waals surface area contributed by atoms with Crippen molar-refractivity contribution in [3.05, 3.63) is 46.3 Å². The van der Waals surface area contributed by atoms with Crippen molar-refractivity contribution in [1.82, 2.24) is 4.90 Å². The van der Waals surface area contributed by atoms with Crippen LogP contribution in [-0.4, -0.2) is 37.1 Å². The number of likely N-dealkylation sites (N-methyl/N-ethyl adjacent to an activating group) is 1. The topological polar surface area (TPSA) is 59.8 Å². The van der Waals surface area contributed by atoms with E-state index in [1.807, 2.05) is 12.1 Å². The zero-order valence-electron chi connectivity index (χ0n) is 11.9. The summed E-state index contributed by atoms with van der Waals surface area (Å²) < 4.78 is 10.7. The third-order valence-corrected chi connectivity index (χ3v) is 3.72. The van der Waals surface area contributed by atoms with E-state index in [9.17, 15) is 9.59 Å². The van der Waals surface area contributed by atoms with Crippen LogP contribution in [0.5, 0.6) is 0 Å². The van der Waals surface area contributed by atoms with Gasteiger partial charge >= 0.3 is 5.63 Å². The molecule has 1 saturated heterocycles. The average molecular weight is 287 g/mol. The molecular formula is C16H17NO4. The fourth-order valence-electron chi connectivity index (χ4n) is 2.59. The molecule has 3 rings (SSSR count). The van der Waals surface area contributed by atoms with E-state index in [1.54, 1.807) is 25.2 Å². The Labute approximate surface area is 122 Å². The minimum absolute atomic E-state index is 0.0615. The number of para-hydroxylation sites is 1. The molecule has 1 aromatic carbocycles. The molecule has 0 bridgehead atoms. The maximum atomic E-state index is 12.4. The lowest BCUT2D eigenvalue weighted by Gasteiger charge is -2.20. The molecule has 1 fully saturated rings. The first-order valence-corrected chi connectivity index (χ1v) is 7.05. The molecule has 1 aromatic heterocycles. The molecule has 1 unspecified atom stereocenters. The number of ether oxygens (including phenoxy) is 1. The van der Waals surface area contributed by atoms with Gasteiger partial charge in [0.25, 0.3) is 5.91 Å². The summed E-state index contributed by atoms with van der Waals surface area (Å²) in [7, 11) is 1.68. The summed E-state index contributed by atoms with van der Waals surface area (Å²) in [6, 6.07) is 8.74. The van der Waals surface area contributed by atoms with Gasteiger partial charge in [-0.3, -0.25) is 4.79 Å². The van der Waals surface area contributed by atoms with Gasteiger partial charge in [-0.1, -0.05) is 18.2 Å². The number of carbonyl (C=O) groups is 1. The first-order valence-electron chi connectivity index (χ1n) is 7.05. The second kappa shape index (κ2) is 5.69. The highest BCUT2D eigenvalue weighted by Crippen LogP contribution is 2.16. The highest BCUT2D eigenvalue weighted by Gasteiger charge is 2.23. The van der Waals surface area contributed by atoms with Crippen LogP contribution in [0.25, 0.3) is 11.0 Å². The molecular weight excluding hydrogens is 270 g/mol. The van der Waals surface area contributed by atoms with E-state index in [0.717, 1.165) is 24.8 Å². The van der Waals surface area contributed by atoms with E-state index in [0.29, 0.717) is 12.1 Å². The van der Waals surface area contributed by atoms with Crippen LogP contribution < -0.4 is 5.63 Å². The van der Waals surface area contributed by atoms with Crippen molar-refractivity contribution in [2.24, 2.45) is 0 Å². The SMILES string of the molecule is CN(CC1CCCO1)C(=O)c1cc2ccccc2oc1=O. The molecule has 5 heteroatoms. The van der Waals surface area contributed by atoms with Crippen LogP contribution in [0.1, 0.15) is 23.2 Å². The van der Waals surface area contributed by atoms with E-state index in [-0.39, 0.29) is 17.6 Å². The highest BCUT2D eigenvalue weighted by molar-refractivity contribution is 5.96. The van der Waals surface area contributed by atoms with Crippen molar-refractivity contribution in [2.45, 2.75) is 18.9 Å². The van der Waals surface area contributed by atoms with Crippen molar-refractivity contribution in [3.8, 4) is 0 Å². The number of benzene rings is 1. The van der Waals surface area contributed by atoms with Crippen LogP contribution >= 0.6 is 0 Å². The monoisotopic (exact) mass is 287 g/mol. The molecule has 1 aliphatic heterocycles. The summed E-state index contributed by atoms with van der Waals surface area (Å²) in [5.74, 6) is -0.329. The summed E-state index contributed by atoms with van der Waals surface area (Å²) in [4.78, 5) is 25.9. The standard InChI is InChI=1S/C16H17NO4/c1-17(10-12-6-4-8-20-12)15(18)13-9-11-5-2-3-7-14(11)21-16(13)19/h2-3,5,7,9,12H,4,6,8,10H2,1H3. The molecule has 0 saturated carbocycles. The van der Waals surface area contributed by atoms with Crippen molar-refractivity contribution < 1.29 is 13.9 Å². The Balaban J connectivity index is 1.86. The normalized spacial score (nSPS) is 18.0. The molecule has 0 aliphatic carbocycles. The van der Waals surface area contributed by atoms with Crippen molar-refractivity contribution in [2.75, 3.05) is 20.2 Å². The summed E-state index contributed by atoms with van der Waals surface area (Å²) >= 11 is 0. The fraction of sp³-hybridized carbons (Fsp3) is 0.375. The first-order chi connectivity index (χ1) is 10.1. The van der Waals surface area contributed by atoms with Crippen LogP contribution in [0.15, 0.2) is 39.5 Å². The average Bonchev–Trinajstić information content (AvgIpc) is 2.98. The molecule has 0 spiro atoms. The Bertz CT molecular complexity index is 716. The quantitative estimate of drug-likeness (QED) is 0.811. The van der Waals surface area contributed by atoms with Gasteiger partial charge in [-0.15, -0.1) is 0 Å². The molecule has 0 N–H and O–H groups in total. The Kier molecular flexibility index (Phi) is 3.75. The van der Waals surface area contributed by atoms with Crippen LogP contribution in [0, 0.1) is 0 Å². The maximum Gasteiger partial charge on any atom is 0.349 e. The molecule has 1 aliphatic rings. The minimum atomic E-state index is -0.599. The van der Waals surface area contributed by atoms with Gasteiger partial charge in [0.05, 0.1) is 6.10 Å². The Morgan fingerprint density at radius 3 is 2.95 bits per heavy atom. The second-order valence-corrected chi connectivity index (χ2v) is 5.31. The van der Waals surface area contributed by atoms with Crippen LogP contribution in [0.2, 0.25) is 0 Å². The van der Waals surface area contributed by atoms with Gasteiger partial charge < -0.3 is 14.1 Å². The van der Waals surface area contributed by atoms with Crippen molar-refractivity contribution in [3.63, 3.8) is 0 Å². The molecule has 0 radical (unpaired) electrons. The number of rotatable bonds is 3. The number of hydrogen-bond acceptors (Lipinski definition) is 4. The lowest BCUT2D eigenvalue weighted by atomic mass is 10.1. The lowest BCUT2D eigenvalue weighted by Crippen LogP contribution is -2.36. The van der Waals surface area contributed by atoms with Gasteiger partial charge in [0.1, 0.15) is 11.1 Å². The molecule has 1 amide bonds. The number of amides is 1. The van der Waals surface area contributed by atoms with Gasteiger partial charge in [0, 0.05) is 25.6 Å². The van der Waals surface area contributed by atoms with Crippen molar-refractivity contribution in [1.29, 1.82) is 0 Å². The summed E-state index contributed by atoms with van der Waals surface area (Å²) in [6.07, 6.45) is 2.03. The second-order valence-electron chi connectivity index (χ2n) is 5.31. The number of carbonyl (C=O) groups excluding carboxylic acids is 1. The fourth-order valence-corrected chi connectivity index (χ4v) is 2.59. The maximum absolute atomic E-state index is 12.4. The van der Waals surface area contributed by atoms with Crippen molar-refractivity contribution >= 4 is 16.9 Å². The number of hydrogen-bond donors (Lipinski definition) is 0. The van der Waals surface area contributed by atoms with Gasteiger partial charge in [0.2, 0.25) is 0 Å². The third kappa shape index (κ3) is 2.83. The number of fused-ring (bicyclic) bond motifs is 1. The largest absolute Gasteiger partial charge is 0.422 e. The van der Waals surface area contributed by atoms with Gasteiger partial charge in [-0.05, 0) is 25.0 Å². The van der Waals surface area contributed by atoms with E-state index >= 15 is 0 Å². The Morgan fingerprint density at radius 1 is 1.38 bits per heavy atom. The zero-order valence-corrected chi connectivity index (χ0v) is 11.9. The summed E-state index contributed by atoms with van der Waals surface area (Å²) in [5, 5.41) is 0.742. The lowest BCUT2D eigenvalue weighted by molar-refractivity contribution is 0.0584. The van der Waals surface area contributed by atoms with E-state index in [2.05, 4.69) is 0 Å². The minimum Gasteiger partial charge on any atom is -0.422 e. The van der Waals surface area contributed by atoms with E-state index < -0.39 is 5.63 Å². The number of nitrogens with zero attached hydrogens (tertiary/aromatic N) is 1. The van der Waals surface area contributed by atoms with Gasteiger partial charge in [-0.2, -0.15) is 0 Å². The third-order valence-electron chi connectivity index (χ3n) is 3.72. The molecule has 21 heavy (non-hydrogen) atoms. The molecule has 5 nitrogen and oxygen atoms in total. The van der Waals surface area contributed by atoms with E-state index in [1.165, 1.54) is 4.90 Å². The van der Waals surface area contributed by atoms with Gasteiger partial charge in [0.15, 0.2) is 0 Å². The zero-order chi connectivity index (χ0) is 14.8. The van der Waals surface area contributed by atoms with Gasteiger partial charge in [-0.25, -0.2) is 4.79 Å². The smallest absolute Gasteiger partial charge is 0.349 e. The summed E-state index contributed by atoms with van der Waals surface area (Å²) in [5.41, 5.74) is -0.0482. The Morgan fingerprint density at radius 2 is 2.19 bits per heavy atom. The predicted octanol–water partition coefficient (Wildman–Crippen LogP) is 2.04. The van der Waals surface area contributed by atoms with Crippen LogP contribution in [0.3, 0.4) is 0 Å². The van der Waals surface area contributed by atoms with Crippen LogP contribution in [-0.2, 0) is 4.74 Å². The molecule has 2 aromatic rings. The molecule has 110 valence electrons. The highest BCUT2D eigenvalue weighted by atomic mass is 16.5. The molecule has 1 atom stereocenters. The molecule has 2 heterocycles. The first kappa shape index (κ1) is 13.8. The summed E-state index contributed by atoms with van der Waals surface area (Å²) in [6.45, 7) is 1.23. The van der Waals surface area contributed by atoms with E-state index in [4.69, 9.17) is 9.15 Å². The Hall–Kier alpha value is -2.14. The predicted molar refractivity (Wildman–Crippen MR) is 78.4 cm³/mol. The van der Waals surface area contributed by atoms with Crippen LogP contribution in [0.4, 0.5) is 0 Å².